The maximum Gasteiger partial charge on any atom is 0.217 e. The Bertz CT molecular complexity index is 496. The summed E-state index contributed by atoms with van der Waals surface area (Å²) in [6.45, 7) is 5.37. The van der Waals surface area contributed by atoms with Gasteiger partial charge in [-0.3, -0.25) is 4.79 Å². The predicted octanol–water partition coefficient (Wildman–Crippen LogP) is 1.78. The van der Waals surface area contributed by atoms with Crippen LogP contribution in [0.1, 0.15) is 38.3 Å². The summed E-state index contributed by atoms with van der Waals surface area (Å²) >= 11 is 0. The fourth-order valence-corrected chi connectivity index (χ4v) is 2.82. The van der Waals surface area contributed by atoms with Gasteiger partial charge >= 0.3 is 0 Å². The zero-order valence-corrected chi connectivity index (χ0v) is 13.0. The van der Waals surface area contributed by atoms with Crippen LogP contribution >= 0.6 is 0 Å². The average Bonchev–Trinajstić information content (AvgIpc) is 2.46. The first kappa shape index (κ1) is 15.6. The third-order valence-electron chi connectivity index (χ3n) is 4.18. The average molecular weight is 291 g/mol. The van der Waals surface area contributed by atoms with Crippen molar-refractivity contribution < 1.29 is 9.90 Å². The minimum absolute atomic E-state index is 0.0384. The van der Waals surface area contributed by atoms with Gasteiger partial charge in [-0.2, -0.15) is 0 Å². The van der Waals surface area contributed by atoms with Gasteiger partial charge in [0.1, 0.15) is 5.75 Å². The van der Waals surface area contributed by atoms with Crippen LogP contribution in [0.15, 0.2) is 18.2 Å². The Kier molecular flexibility index (Phi) is 5.07. The van der Waals surface area contributed by atoms with Gasteiger partial charge < -0.3 is 20.6 Å². The van der Waals surface area contributed by atoms with Gasteiger partial charge in [0.15, 0.2) is 0 Å². The van der Waals surface area contributed by atoms with Gasteiger partial charge in [0.2, 0.25) is 5.91 Å². The van der Waals surface area contributed by atoms with E-state index in [-0.39, 0.29) is 18.0 Å². The summed E-state index contributed by atoms with van der Waals surface area (Å²) in [5.74, 6) is 0.370. The highest BCUT2D eigenvalue weighted by Gasteiger charge is 2.20. The highest BCUT2D eigenvalue weighted by atomic mass is 16.3. The zero-order valence-electron chi connectivity index (χ0n) is 13.0. The monoisotopic (exact) mass is 291 g/mol. The van der Waals surface area contributed by atoms with Crippen molar-refractivity contribution in [3.8, 4) is 5.75 Å². The maximum atomic E-state index is 11.1. The number of nitrogens with zero attached hydrogens (tertiary/aromatic N) is 1. The Morgan fingerprint density at radius 1 is 1.38 bits per heavy atom. The number of carbonyl (C=O) groups is 1. The lowest BCUT2D eigenvalue weighted by Gasteiger charge is -2.34. The number of aromatic hydroxyl groups is 1. The van der Waals surface area contributed by atoms with Crippen LogP contribution < -0.4 is 15.5 Å². The largest absolute Gasteiger partial charge is 0.508 e. The number of phenols is 1. The summed E-state index contributed by atoms with van der Waals surface area (Å²) in [6, 6.07) is 6.27. The lowest BCUT2D eigenvalue weighted by molar-refractivity contribution is -0.119. The first-order chi connectivity index (χ1) is 10.0. The summed E-state index contributed by atoms with van der Waals surface area (Å²) in [5, 5.41) is 16.3. The van der Waals surface area contributed by atoms with E-state index >= 15 is 0 Å². The standard InChI is InChI=1S/C16H25N3O2/c1-11(17-3)15-5-4-14(10-16(15)21)19-8-6-13(7-9-19)18-12(2)20/h4-5,10-11,13,17,21H,6-9H2,1-3H3,(H,18,20). The van der Waals surface area contributed by atoms with Crippen LogP contribution in [0.4, 0.5) is 5.69 Å². The van der Waals surface area contributed by atoms with Gasteiger partial charge in [-0.15, -0.1) is 0 Å². The van der Waals surface area contributed by atoms with Crippen molar-refractivity contribution in [3.63, 3.8) is 0 Å². The number of amides is 1. The molecule has 1 aliphatic rings. The van der Waals surface area contributed by atoms with E-state index in [1.165, 1.54) is 0 Å². The molecule has 0 bridgehead atoms. The Morgan fingerprint density at radius 2 is 2.05 bits per heavy atom. The Morgan fingerprint density at radius 3 is 2.57 bits per heavy atom. The molecule has 0 radical (unpaired) electrons. The van der Waals surface area contributed by atoms with Crippen LogP contribution in [0.5, 0.6) is 5.75 Å². The number of rotatable bonds is 4. The van der Waals surface area contributed by atoms with Crippen LogP contribution in [0.3, 0.4) is 0 Å². The van der Waals surface area contributed by atoms with Gasteiger partial charge in [-0.25, -0.2) is 0 Å². The predicted molar refractivity (Wildman–Crippen MR) is 84.6 cm³/mol. The molecule has 1 aromatic rings. The molecule has 5 heteroatoms. The maximum absolute atomic E-state index is 11.1. The molecule has 1 unspecified atom stereocenters. The molecule has 1 saturated heterocycles. The van der Waals surface area contributed by atoms with Crippen LogP contribution in [0.25, 0.3) is 0 Å². The third-order valence-corrected chi connectivity index (χ3v) is 4.18. The van der Waals surface area contributed by atoms with Gasteiger partial charge in [0.05, 0.1) is 0 Å². The summed E-state index contributed by atoms with van der Waals surface area (Å²) in [6.07, 6.45) is 1.88. The summed E-state index contributed by atoms with van der Waals surface area (Å²) in [5.41, 5.74) is 1.95. The van der Waals surface area contributed by atoms with E-state index < -0.39 is 0 Å². The van der Waals surface area contributed by atoms with Crippen LogP contribution in [-0.2, 0) is 4.79 Å². The molecule has 0 saturated carbocycles. The molecule has 2 rings (SSSR count). The van der Waals surface area contributed by atoms with E-state index in [9.17, 15) is 9.90 Å². The molecule has 116 valence electrons. The van der Waals surface area contributed by atoms with E-state index in [4.69, 9.17) is 0 Å². The molecule has 1 aliphatic heterocycles. The van der Waals surface area contributed by atoms with Crippen LogP contribution in [0, 0.1) is 0 Å². The molecular weight excluding hydrogens is 266 g/mol. The quantitative estimate of drug-likeness (QED) is 0.791. The van der Waals surface area contributed by atoms with Gasteiger partial charge in [-0.05, 0) is 32.9 Å². The number of nitrogens with one attached hydrogen (secondary N) is 2. The Hall–Kier alpha value is -1.75. The van der Waals surface area contributed by atoms with Crippen molar-refractivity contribution >= 4 is 11.6 Å². The molecule has 0 spiro atoms. The topological polar surface area (TPSA) is 64.6 Å². The normalized spacial score (nSPS) is 17.6. The Labute approximate surface area is 126 Å². The molecule has 0 aliphatic carbocycles. The molecule has 1 fully saturated rings. The van der Waals surface area contributed by atoms with E-state index in [0.29, 0.717) is 5.75 Å². The Balaban J connectivity index is 2.01. The number of carbonyl (C=O) groups excluding carboxylic acids is 1. The second kappa shape index (κ2) is 6.80. The van der Waals surface area contributed by atoms with Crippen molar-refractivity contribution in [2.75, 3.05) is 25.0 Å². The zero-order chi connectivity index (χ0) is 15.4. The highest BCUT2D eigenvalue weighted by Crippen LogP contribution is 2.30. The fraction of sp³-hybridized carbons (Fsp3) is 0.562. The molecule has 0 aromatic heterocycles. The smallest absolute Gasteiger partial charge is 0.217 e. The fourth-order valence-electron chi connectivity index (χ4n) is 2.82. The van der Waals surface area contributed by atoms with Gasteiger partial charge in [-0.1, -0.05) is 6.07 Å². The number of piperidine rings is 1. The molecule has 5 nitrogen and oxygen atoms in total. The molecule has 1 heterocycles. The lowest BCUT2D eigenvalue weighted by Crippen LogP contribution is -2.44. The summed E-state index contributed by atoms with van der Waals surface area (Å²) < 4.78 is 0. The van der Waals surface area contributed by atoms with Crippen molar-refractivity contribution in [3.05, 3.63) is 23.8 Å². The SMILES string of the molecule is CNC(C)c1ccc(N2CCC(NC(C)=O)CC2)cc1O. The first-order valence-electron chi connectivity index (χ1n) is 7.53. The molecule has 1 amide bonds. The van der Waals surface area contributed by atoms with E-state index in [1.807, 2.05) is 26.1 Å². The van der Waals surface area contributed by atoms with Crippen molar-refractivity contribution in [1.29, 1.82) is 0 Å². The summed E-state index contributed by atoms with van der Waals surface area (Å²) in [7, 11) is 1.88. The number of hydrogen-bond acceptors (Lipinski definition) is 4. The van der Waals surface area contributed by atoms with Gasteiger partial charge in [0.25, 0.3) is 0 Å². The first-order valence-corrected chi connectivity index (χ1v) is 7.53. The molecule has 3 N–H and O–H groups in total. The second-order valence-electron chi connectivity index (χ2n) is 5.72. The minimum Gasteiger partial charge on any atom is -0.508 e. The second-order valence-corrected chi connectivity index (χ2v) is 5.72. The van der Waals surface area contributed by atoms with Crippen LogP contribution in [0.2, 0.25) is 0 Å². The van der Waals surface area contributed by atoms with Crippen molar-refractivity contribution in [2.45, 2.75) is 38.8 Å². The minimum atomic E-state index is 0.0384. The number of phenolic OH excluding ortho intramolecular Hbond substituents is 1. The van der Waals surface area contributed by atoms with Crippen LogP contribution in [-0.4, -0.2) is 37.2 Å². The number of hydrogen-bond donors (Lipinski definition) is 3. The third kappa shape index (κ3) is 3.88. The van der Waals surface area contributed by atoms with E-state index in [0.717, 1.165) is 37.2 Å². The molecular formula is C16H25N3O2. The number of anilines is 1. The molecule has 1 aromatic carbocycles. The molecule has 21 heavy (non-hydrogen) atoms. The van der Waals surface area contributed by atoms with Crippen molar-refractivity contribution in [2.24, 2.45) is 0 Å². The molecule has 1 atom stereocenters. The van der Waals surface area contributed by atoms with E-state index in [2.05, 4.69) is 21.6 Å². The van der Waals surface area contributed by atoms with E-state index in [1.54, 1.807) is 6.92 Å². The van der Waals surface area contributed by atoms with Crippen molar-refractivity contribution in [1.82, 2.24) is 10.6 Å². The number of benzene rings is 1. The summed E-state index contributed by atoms with van der Waals surface area (Å²) in [4.78, 5) is 13.3. The van der Waals surface area contributed by atoms with Gasteiger partial charge in [0, 0.05) is 49.4 Å². The highest BCUT2D eigenvalue weighted by molar-refractivity contribution is 5.73. The lowest BCUT2D eigenvalue weighted by atomic mass is 10.0.